The molecule has 0 atom stereocenters. The van der Waals surface area contributed by atoms with Crippen LogP contribution in [0.4, 0.5) is 5.69 Å². The van der Waals surface area contributed by atoms with Crippen LogP contribution < -0.4 is 5.73 Å². The van der Waals surface area contributed by atoms with Crippen LogP contribution in [0.2, 0.25) is 0 Å². The van der Waals surface area contributed by atoms with Crippen LogP contribution in [0.5, 0.6) is 0 Å². The molecule has 0 amide bonds. The summed E-state index contributed by atoms with van der Waals surface area (Å²) in [5.41, 5.74) is 9.59. The molecule has 1 fully saturated rings. The fraction of sp³-hybridized carbons (Fsp3) is 0.500. The van der Waals surface area contributed by atoms with Crippen LogP contribution in [0, 0.1) is 0 Å². The van der Waals surface area contributed by atoms with Gasteiger partial charge in [-0.25, -0.2) is 0 Å². The average molecular weight is 257 g/mol. The van der Waals surface area contributed by atoms with E-state index in [1.807, 2.05) is 6.07 Å². The van der Waals surface area contributed by atoms with E-state index >= 15 is 0 Å². The number of likely N-dealkylation sites (tertiary alicyclic amines) is 1. The van der Waals surface area contributed by atoms with Gasteiger partial charge in [0.1, 0.15) is 0 Å². The first-order valence-electron chi connectivity index (χ1n) is 7.26. The summed E-state index contributed by atoms with van der Waals surface area (Å²) in [6.07, 6.45) is 5.90. The molecule has 0 aliphatic carbocycles. The molecule has 0 unspecified atom stereocenters. The van der Waals surface area contributed by atoms with Gasteiger partial charge in [-0.15, -0.1) is 0 Å². The molecule has 102 valence electrons. The Balaban J connectivity index is 2.05. The zero-order valence-electron chi connectivity index (χ0n) is 11.9. The number of nitrogens with two attached hydrogens (primary N) is 1. The van der Waals surface area contributed by atoms with Crippen molar-refractivity contribution in [2.75, 3.05) is 25.9 Å². The molecule has 2 aromatic rings. The average Bonchev–Trinajstić information content (AvgIpc) is 2.77. The van der Waals surface area contributed by atoms with Crippen LogP contribution in [0.3, 0.4) is 0 Å². The standard InChI is InChI=1S/C16H23N3/c1-3-12-11-19(14-6-8-18(2)9-7-14)16-10-13(17)4-5-15(12)16/h4-5,10-11,14H,3,6-9,17H2,1-2H3. The molecule has 2 heterocycles. The molecule has 19 heavy (non-hydrogen) atoms. The van der Waals surface area contributed by atoms with Gasteiger partial charge in [0.2, 0.25) is 0 Å². The number of anilines is 1. The highest BCUT2D eigenvalue weighted by molar-refractivity contribution is 5.86. The van der Waals surface area contributed by atoms with Gasteiger partial charge < -0.3 is 15.2 Å². The second-order valence-electron chi connectivity index (χ2n) is 5.73. The van der Waals surface area contributed by atoms with Gasteiger partial charge in [-0.05, 0) is 57.1 Å². The second-order valence-corrected chi connectivity index (χ2v) is 5.73. The van der Waals surface area contributed by atoms with Crippen molar-refractivity contribution in [3.05, 3.63) is 30.0 Å². The maximum atomic E-state index is 5.97. The van der Waals surface area contributed by atoms with E-state index in [9.17, 15) is 0 Å². The third kappa shape index (κ3) is 2.23. The van der Waals surface area contributed by atoms with E-state index in [-0.39, 0.29) is 0 Å². The molecule has 0 spiro atoms. The minimum absolute atomic E-state index is 0.626. The summed E-state index contributed by atoms with van der Waals surface area (Å²) in [7, 11) is 2.21. The molecule has 1 saturated heterocycles. The third-order valence-corrected chi connectivity index (χ3v) is 4.40. The van der Waals surface area contributed by atoms with E-state index in [2.05, 4.69) is 41.8 Å². The molecule has 1 aliphatic heterocycles. The van der Waals surface area contributed by atoms with E-state index in [1.165, 1.54) is 42.4 Å². The molecule has 0 radical (unpaired) electrons. The van der Waals surface area contributed by atoms with Crippen LogP contribution >= 0.6 is 0 Å². The Hall–Kier alpha value is -1.48. The lowest BCUT2D eigenvalue weighted by Crippen LogP contribution is -2.31. The third-order valence-electron chi connectivity index (χ3n) is 4.40. The van der Waals surface area contributed by atoms with E-state index < -0.39 is 0 Å². The topological polar surface area (TPSA) is 34.2 Å². The highest BCUT2D eigenvalue weighted by Crippen LogP contribution is 2.31. The Bertz CT molecular complexity index is 577. The minimum atomic E-state index is 0.626. The Morgan fingerprint density at radius 1 is 1.26 bits per heavy atom. The Kier molecular flexibility index (Phi) is 3.23. The maximum absolute atomic E-state index is 5.97. The summed E-state index contributed by atoms with van der Waals surface area (Å²) in [5, 5.41) is 1.37. The van der Waals surface area contributed by atoms with Gasteiger partial charge in [0, 0.05) is 23.3 Å². The summed E-state index contributed by atoms with van der Waals surface area (Å²) in [6.45, 7) is 4.60. The number of piperidine rings is 1. The lowest BCUT2D eigenvalue weighted by molar-refractivity contribution is 0.224. The van der Waals surface area contributed by atoms with Crippen molar-refractivity contribution in [2.24, 2.45) is 0 Å². The summed E-state index contributed by atoms with van der Waals surface area (Å²) in [4.78, 5) is 2.41. The van der Waals surface area contributed by atoms with Crippen molar-refractivity contribution in [3.63, 3.8) is 0 Å². The van der Waals surface area contributed by atoms with Crippen molar-refractivity contribution in [1.82, 2.24) is 9.47 Å². The van der Waals surface area contributed by atoms with Crippen molar-refractivity contribution >= 4 is 16.6 Å². The van der Waals surface area contributed by atoms with Gasteiger partial charge in [-0.3, -0.25) is 0 Å². The van der Waals surface area contributed by atoms with Crippen LogP contribution in [0.1, 0.15) is 31.4 Å². The van der Waals surface area contributed by atoms with Crippen molar-refractivity contribution in [1.29, 1.82) is 0 Å². The number of rotatable bonds is 2. The van der Waals surface area contributed by atoms with E-state index in [1.54, 1.807) is 0 Å². The van der Waals surface area contributed by atoms with Crippen LogP contribution in [-0.2, 0) is 6.42 Å². The summed E-state index contributed by atoms with van der Waals surface area (Å²) < 4.78 is 2.47. The molecule has 0 bridgehead atoms. The van der Waals surface area contributed by atoms with Gasteiger partial charge in [0.25, 0.3) is 0 Å². The van der Waals surface area contributed by atoms with Gasteiger partial charge >= 0.3 is 0 Å². The minimum Gasteiger partial charge on any atom is -0.399 e. The normalized spacial score (nSPS) is 18.2. The maximum Gasteiger partial charge on any atom is 0.0506 e. The van der Waals surface area contributed by atoms with Crippen molar-refractivity contribution in [3.8, 4) is 0 Å². The number of benzene rings is 1. The summed E-state index contributed by atoms with van der Waals surface area (Å²) in [6, 6.07) is 6.95. The molecule has 1 aliphatic rings. The smallest absolute Gasteiger partial charge is 0.0506 e. The molecular formula is C16H23N3. The summed E-state index contributed by atoms with van der Waals surface area (Å²) >= 11 is 0. The van der Waals surface area contributed by atoms with E-state index in [4.69, 9.17) is 5.73 Å². The molecule has 3 heteroatoms. The molecule has 3 nitrogen and oxygen atoms in total. The fourth-order valence-electron chi connectivity index (χ4n) is 3.20. The Labute approximate surface area is 115 Å². The van der Waals surface area contributed by atoms with E-state index in [0.29, 0.717) is 6.04 Å². The summed E-state index contributed by atoms with van der Waals surface area (Å²) in [5.74, 6) is 0. The molecule has 0 saturated carbocycles. The lowest BCUT2D eigenvalue weighted by atomic mass is 10.1. The zero-order chi connectivity index (χ0) is 13.4. The Morgan fingerprint density at radius 3 is 2.68 bits per heavy atom. The predicted octanol–water partition coefficient (Wildman–Crippen LogP) is 3.05. The fourth-order valence-corrected chi connectivity index (χ4v) is 3.20. The van der Waals surface area contributed by atoms with E-state index in [0.717, 1.165) is 12.1 Å². The first-order valence-corrected chi connectivity index (χ1v) is 7.26. The van der Waals surface area contributed by atoms with Gasteiger partial charge in [0.15, 0.2) is 0 Å². The van der Waals surface area contributed by atoms with Crippen LogP contribution in [0.15, 0.2) is 24.4 Å². The number of nitrogen functional groups attached to an aromatic ring is 1. The molecule has 1 aromatic carbocycles. The van der Waals surface area contributed by atoms with Gasteiger partial charge in [-0.1, -0.05) is 13.0 Å². The Morgan fingerprint density at radius 2 is 2.00 bits per heavy atom. The van der Waals surface area contributed by atoms with Gasteiger partial charge in [0.05, 0.1) is 5.52 Å². The number of aromatic nitrogens is 1. The van der Waals surface area contributed by atoms with Crippen LogP contribution in [0.25, 0.3) is 10.9 Å². The van der Waals surface area contributed by atoms with Crippen molar-refractivity contribution in [2.45, 2.75) is 32.2 Å². The second kappa shape index (κ2) is 4.89. The lowest BCUT2D eigenvalue weighted by Gasteiger charge is -2.30. The highest BCUT2D eigenvalue weighted by Gasteiger charge is 2.20. The first-order chi connectivity index (χ1) is 9.19. The highest BCUT2D eigenvalue weighted by atomic mass is 15.1. The molecule has 2 N–H and O–H groups in total. The number of hydrogen-bond donors (Lipinski definition) is 1. The van der Waals surface area contributed by atoms with Gasteiger partial charge in [-0.2, -0.15) is 0 Å². The first kappa shape index (κ1) is 12.5. The SMILES string of the molecule is CCc1cn(C2CCN(C)CC2)c2cc(N)ccc12. The number of aryl methyl sites for hydroxylation is 1. The quantitative estimate of drug-likeness (QED) is 0.839. The molecular weight excluding hydrogens is 234 g/mol. The number of nitrogens with zero attached hydrogens (tertiary/aromatic N) is 2. The number of fused-ring (bicyclic) bond motifs is 1. The predicted molar refractivity (Wildman–Crippen MR) is 81.5 cm³/mol. The number of hydrogen-bond acceptors (Lipinski definition) is 2. The zero-order valence-corrected chi connectivity index (χ0v) is 11.9. The molecule has 3 rings (SSSR count). The van der Waals surface area contributed by atoms with Crippen LogP contribution in [-0.4, -0.2) is 29.6 Å². The monoisotopic (exact) mass is 257 g/mol. The largest absolute Gasteiger partial charge is 0.399 e. The van der Waals surface area contributed by atoms with Crippen molar-refractivity contribution < 1.29 is 0 Å². The molecule has 1 aromatic heterocycles.